The summed E-state index contributed by atoms with van der Waals surface area (Å²) in [4.78, 5) is 11.3. The highest BCUT2D eigenvalue weighted by Crippen LogP contribution is 2.36. The van der Waals surface area contributed by atoms with Gasteiger partial charge in [0.25, 0.3) is 5.91 Å². The van der Waals surface area contributed by atoms with Crippen LogP contribution in [0.15, 0.2) is 18.2 Å². The highest BCUT2D eigenvalue weighted by atomic mass is 19.4. The van der Waals surface area contributed by atoms with E-state index in [-0.39, 0.29) is 18.5 Å². The van der Waals surface area contributed by atoms with Gasteiger partial charge in [-0.2, -0.15) is 23.7 Å². The van der Waals surface area contributed by atoms with Crippen molar-refractivity contribution in [3.05, 3.63) is 29.3 Å². The molecule has 0 aliphatic heterocycles. The summed E-state index contributed by atoms with van der Waals surface area (Å²) in [5.74, 6) is -1.17. The van der Waals surface area contributed by atoms with Gasteiger partial charge in [-0.1, -0.05) is 0 Å². The summed E-state index contributed by atoms with van der Waals surface area (Å²) in [7, 11) is 0. The molecule has 0 aliphatic carbocycles. The first-order chi connectivity index (χ1) is 9.88. The Morgan fingerprint density at radius 1 is 1.33 bits per heavy atom. The Labute approximate surface area is 118 Å². The van der Waals surface area contributed by atoms with Crippen molar-refractivity contribution in [1.82, 2.24) is 5.32 Å². The molecule has 0 atom stereocenters. The maximum Gasteiger partial charge on any atom is 0.420 e. The van der Waals surface area contributed by atoms with Crippen molar-refractivity contribution in [2.24, 2.45) is 0 Å². The molecule has 0 radical (unpaired) electrons. The molecule has 0 heterocycles. The van der Waals surface area contributed by atoms with Crippen molar-refractivity contribution in [2.75, 3.05) is 13.2 Å². The number of hydrogen-bond donors (Lipinski definition) is 1. The van der Waals surface area contributed by atoms with Gasteiger partial charge in [-0.05, 0) is 18.2 Å². The predicted octanol–water partition coefficient (Wildman–Crippen LogP) is 1.99. The number of amides is 1. The first-order valence-electron chi connectivity index (χ1n) is 5.76. The minimum Gasteiger partial charge on any atom is -0.483 e. The van der Waals surface area contributed by atoms with E-state index in [9.17, 15) is 18.0 Å². The number of carbonyl (C=O) groups excluding carboxylic acids is 1. The number of nitrogens with zero attached hydrogens (tertiary/aromatic N) is 2. The Hall–Kier alpha value is -2.74. The number of nitriles is 2. The molecule has 0 saturated heterocycles. The number of halogens is 3. The average molecular weight is 297 g/mol. The Bertz CT molecular complexity index is 600. The maximum atomic E-state index is 12.8. The third kappa shape index (κ3) is 5.03. The topological polar surface area (TPSA) is 85.9 Å². The normalized spacial score (nSPS) is 10.3. The Balaban J connectivity index is 2.78. The van der Waals surface area contributed by atoms with E-state index in [0.717, 1.165) is 12.1 Å². The zero-order valence-electron chi connectivity index (χ0n) is 10.7. The second-order valence-corrected chi connectivity index (χ2v) is 3.87. The fourth-order valence-electron chi connectivity index (χ4n) is 1.40. The van der Waals surface area contributed by atoms with Crippen LogP contribution in [-0.2, 0) is 11.0 Å². The van der Waals surface area contributed by atoms with Crippen molar-refractivity contribution in [3.8, 4) is 17.9 Å². The lowest BCUT2D eigenvalue weighted by Gasteiger charge is -2.14. The van der Waals surface area contributed by atoms with Crippen molar-refractivity contribution >= 4 is 5.91 Å². The van der Waals surface area contributed by atoms with Crippen LogP contribution < -0.4 is 10.1 Å². The molecule has 5 nitrogen and oxygen atoms in total. The second-order valence-electron chi connectivity index (χ2n) is 3.87. The van der Waals surface area contributed by atoms with Crippen molar-refractivity contribution in [3.63, 3.8) is 0 Å². The third-order valence-electron chi connectivity index (χ3n) is 2.33. The van der Waals surface area contributed by atoms with Gasteiger partial charge in [-0.25, -0.2) is 0 Å². The smallest absolute Gasteiger partial charge is 0.420 e. The molecule has 0 spiro atoms. The van der Waals surface area contributed by atoms with E-state index < -0.39 is 30.0 Å². The summed E-state index contributed by atoms with van der Waals surface area (Å²) in [5.41, 5.74) is -1.28. The van der Waals surface area contributed by atoms with Crippen molar-refractivity contribution in [1.29, 1.82) is 10.5 Å². The Morgan fingerprint density at radius 3 is 2.62 bits per heavy atom. The minimum atomic E-state index is -4.69. The molecule has 1 aromatic rings. The molecule has 1 rings (SSSR count). The van der Waals surface area contributed by atoms with Gasteiger partial charge in [-0.3, -0.25) is 4.79 Å². The van der Waals surface area contributed by atoms with Crippen LogP contribution in [0.3, 0.4) is 0 Å². The molecule has 0 aliphatic rings. The molecule has 110 valence electrons. The predicted molar refractivity (Wildman–Crippen MR) is 64.9 cm³/mol. The Kier molecular flexibility index (Phi) is 5.56. The van der Waals surface area contributed by atoms with Crippen LogP contribution in [0.1, 0.15) is 17.5 Å². The van der Waals surface area contributed by atoms with Gasteiger partial charge >= 0.3 is 6.18 Å². The molecular weight excluding hydrogens is 287 g/mol. The molecule has 0 unspecified atom stereocenters. The number of ether oxygens (including phenoxy) is 1. The van der Waals surface area contributed by atoms with Crippen molar-refractivity contribution in [2.45, 2.75) is 12.6 Å². The number of nitrogens with one attached hydrogen (secondary N) is 1. The maximum absolute atomic E-state index is 12.8. The fourth-order valence-corrected chi connectivity index (χ4v) is 1.40. The van der Waals surface area contributed by atoms with Crippen LogP contribution in [0.2, 0.25) is 0 Å². The number of alkyl halides is 3. The van der Waals surface area contributed by atoms with Crippen LogP contribution >= 0.6 is 0 Å². The molecule has 1 N–H and O–H groups in total. The lowest BCUT2D eigenvalue weighted by molar-refractivity contribution is -0.139. The van der Waals surface area contributed by atoms with Gasteiger partial charge in [0.05, 0.1) is 29.7 Å². The number of carbonyl (C=O) groups is 1. The van der Waals surface area contributed by atoms with E-state index in [4.69, 9.17) is 15.3 Å². The van der Waals surface area contributed by atoms with E-state index in [0.29, 0.717) is 6.07 Å². The summed E-state index contributed by atoms with van der Waals surface area (Å²) in [5, 5.41) is 19.2. The van der Waals surface area contributed by atoms with Crippen molar-refractivity contribution < 1.29 is 22.7 Å². The number of benzene rings is 1. The standard InChI is InChI=1S/C13H10F3N3O2/c14-13(15,16)10-6-9(7-18)2-3-11(10)21-8-12(20)19-5-1-4-17/h2-3,6H,1,5,8H2,(H,19,20). The fraction of sp³-hybridized carbons (Fsp3) is 0.308. The molecule has 0 bridgehead atoms. The van der Waals surface area contributed by atoms with E-state index in [1.807, 2.05) is 0 Å². The molecule has 0 saturated carbocycles. The van der Waals surface area contributed by atoms with Crippen LogP contribution in [0.5, 0.6) is 5.75 Å². The van der Waals surface area contributed by atoms with Gasteiger partial charge in [-0.15, -0.1) is 0 Å². The first kappa shape index (κ1) is 16.3. The molecule has 0 fully saturated rings. The Morgan fingerprint density at radius 2 is 2.05 bits per heavy atom. The molecule has 0 aromatic heterocycles. The lowest BCUT2D eigenvalue weighted by Crippen LogP contribution is -2.29. The molecule has 21 heavy (non-hydrogen) atoms. The average Bonchev–Trinajstić information content (AvgIpc) is 2.44. The quantitative estimate of drug-likeness (QED) is 0.842. The third-order valence-corrected chi connectivity index (χ3v) is 2.33. The molecule has 8 heteroatoms. The van der Waals surface area contributed by atoms with Crippen LogP contribution in [-0.4, -0.2) is 19.1 Å². The molecule has 1 amide bonds. The lowest BCUT2D eigenvalue weighted by atomic mass is 10.1. The summed E-state index contributed by atoms with van der Waals surface area (Å²) in [6.45, 7) is -0.515. The summed E-state index contributed by atoms with van der Waals surface area (Å²) in [6, 6.07) is 6.21. The SMILES string of the molecule is N#CCCNC(=O)COc1ccc(C#N)cc1C(F)(F)F. The number of hydrogen-bond acceptors (Lipinski definition) is 4. The van der Waals surface area contributed by atoms with Gasteiger partial charge in [0.1, 0.15) is 5.75 Å². The first-order valence-corrected chi connectivity index (χ1v) is 5.76. The van der Waals surface area contributed by atoms with E-state index in [1.165, 1.54) is 0 Å². The minimum absolute atomic E-state index is 0.0937. The zero-order valence-corrected chi connectivity index (χ0v) is 10.7. The molecule has 1 aromatic carbocycles. The second kappa shape index (κ2) is 7.15. The van der Waals surface area contributed by atoms with Crippen LogP contribution in [0, 0.1) is 22.7 Å². The highest BCUT2D eigenvalue weighted by molar-refractivity contribution is 5.77. The van der Waals surface area contributed by atoms with E-state index >= 15 is 0 Å². The van der Waals surface area contributed by atoms with E-state index in [1.54, 1.807) is 12.1 Å². The summed E-state index contributed by atoms with van der Waals surface area (Å²) >= 11 is 0. The van der Waals surface area contributed by atoms with Crippen LogP contribution in [0.25, 0.3) is 0 Å². The van der Waals surface area contributed by atoms with Gasteiger partial charge in [0.15, 0.2) is 6.61 Å². The number of rotatable bonds is 5. The summed E-state index contributed by atoms with van der Waals surface area (Å²) < 4.78 is 43.3. The monoisotopic (exact) mass is 297 g/mol. The van der Waals surface area contributed by atoms with Gasteiger partial charge in [0.2, 0.25) is 0 Å². The van der Waals surface area contributed by atoms with Gasteiger partial charge < -0.3 is 10.1 Å². The van der Waals surface area contributed by atoms with Gasteiger partial charge in [0, 0.05) is 6.54 Å². The highest BCUT2D eigenvalue weighted by Gasteiger charge is 2.34. The zero-order chi connectivity index (χ0) is 15.9. The van der Waals surface area contributed by atoms with Crippen LogP contribution in [0.4, 0.5) is 13.2 Å². The largest absolute Gasteiger partial charge is 0.483 e. The van der Waals surface area contributed by atoms with E-state index in [2.05, 4.69) is 5.32 Å². The molecular formula is C13H10F3N3O2. The summed E-state index contributed by atoms with van der Waals surface area (Å²) in [6.07, 6.45) is -4.60.